The van der Waals surface area contributed by atoms with Crippen molar-refractivity contribution in [1.29, 1.82) is 0 Å². The second-order valence-electron chi connectivity index (χ2n) is 4.76. The molecule has 22 heavy (non-hydrogen) atoms. The maximum atomic E-state index is 12.0. The summed E-state index contributed by atoms with van der Waals surface area (Å²) in [4.78, 5) is 22.4. The lowest BCUT2D eigenvalue weighted by Crippen LogP contribution is -2.19. The van der Waals surface area contributed by atoms with Gasteiger partial charge < -0.3 is 0 Å². The largest absolute Gasteiger partial charge is 0.273 e. The first-order valence-electron chi connectivity index (χ1n) is 6.64. The standard InChI is InChI=1S/C16H15N3O3/c1-11-8-9-14(10-15(11)19(21)22)16(20)18-17-12(2)13-6-4-3-5-7-13/h3-10H,1-2H3,(H,18,20)/b17-12+. The van der Waals surface area contributed by atoms with E-state index in [9.17, 15) is 14.9 Å². The molecule has 2 aromatic carbocycles. The third-order valence-corrected chi connectivity index (χ3v) is 3.18. The summed E-state index contributed by atoms with van der Waals surface area (Å²) in [7, 11) is 0. The Morgan fingerprint density at radius 2 is 1.82 bits per heavy atom. The Bertz CT molecular complexity index is 740. The lowest BCUT2D eigenvalue weighted by molar-refractivity contribution is -0.385. The summed E-state index contributed by atoms with van der Waals surface area (Å²) in [5.41, 5.74) is 4.56. The molecule has 6 nitrogen and oxygen atoms in total. The van der Waals surface area contributed by atoms with Crippen LogP contribution < -0.4 is 5.43 Å². The highest BCUT2D eigenvalue weighted by Crippen LogP contribution is 2.19. The van der Waals surface area contributed by atoms with Crippen molar-refractivity contribution in [3.63, 3.8) is 0 Å². The summed E-state index contributed by atoms with van der Waals surface area (Å²) in [6.07, 6.45) is 0. The molecule has 0 saturated heterocycles. The number of hydrogen-bond donors (Lipinski definition) is 1. The van der Waals surface area contributed by atoms with E-state index in [4.69, 9.17) is 0 Å². The van der Waals surface area contributed by atoms with Crippen molar-refractivity contribution in [2.45, 2.75) is 13.8 Å². The van der Waals surface area contributed by atoms with Crippen LogP contribution in [0.15, 0.2) is 53.6 Å². The van der Waals surface area contributed by atoms with Gasteiger partial charge in [-0.05, 0) is 25.5 Å². The number of carbonyl (C=O) groups is 1. The van der Waals surface area contributed by atoms with Crippen LogP contribution in [0.3, 0.4) is 0 Å². The molecule has 0 bridgehead atoms. The highest BCUT2D eigenvalue weighted by molar-refractivity contribution is 6.01. The van der Waals surface area contributed by atoms with Gasteiger partial charge in [-0.1, -0.05) is 36.4 Å². The van der Waals surface area contributed by atoms with Gasteiger partial charge in [-0.15, -0.1) is 0 Å². The third-order valence-electron chi connectivity index (χ3n) is 3.18. The van der Waals surface area contributed by atoms with Crippen LogP contribution >= 0.6 is 0 Å². The van der Waals surface area contributed by atoms with Gasteiger partial charge >= 0.3 is 0 Å². The summed E-state index contributed by atoms with van der Waals surface area (Å²) in [5.74, 6) is -0.488. The van der Waals surface area contributed by atoms with Gasteiger partial charge in [0.05, 0.1) is 10.6 Å². The Morgan fingerprint density at radius 3 is 2.45 bits per heavy atom. The average molecular weight is 297 g/mol. The van der Waals surface area contributed by atoms with Crippen molar-refractivity contribution in [2.75, 3.05) is 0 Å². The zero-order chi connectivity index (χ0) is 16.1. The van der Waals surface area contributed by atoms with Gasteiger partial charge in [0.15, 0.2) is 0 Å². The minimum Gasteiger partial charge on any atom is -0.267 e. The van der Waals surface area contributed by atoms with Gasteiger partial charge in [-0.25, -0.2) is 5.43 Å². The molecular weight excluding hydrogens is 282 g/mol. The highest BCUT2D eigenvalue weighted by Gasteiger charge is 2.14. The van der Waals surface area contributed by atoms with E-state index < -0.39 is 10.8 Å². The molecule has 0 unspecified atom stereocenters. The first-order chi connectivity index (χ1) is 10.5. The SMILES string of the molecule is C/C(=N\NC(=O)c1ccc(C)c([N+](=O)[O-])c1)c1ccccc1. The van der Waals surface area contributed by atoms with E-state index in [2.05, 4.69) is 10.5 Å². The molecule has 0 spiro atoms. The Labute approximate surface area is 127 Å². The van der Waals surface area contributed by atoms with E-state index in [0.29, 0.717) is 11.3 Å². The lowest BCUT2D eigenvalue weighted by atomic mass is 10.1. The summed E-state index contributed by atoms with van der Waals surface area (Å²) in [5, 5.41) is 14.9. The van der Waals surface area contributed by atoms with Crippen molar-refractivity contribution in [3.05, 3.63) is 75.3 Å². The van der Waals surface area contributed by atoms with Gasteiger partial charge in [-0.3, -0.25) is 14.9 Å². The fraction of sp³-hybridized carbons (Fsp3) is 0.125. The van der Waals surface area contributed by atoms with E-state index in [1.165, 1.54) is 12.1 Å². The molecule has 0 heterocycles. The number of nitrogens with one attached hydrogen (secondary N) is 1. The van der Waals surface area contributed by atoms with E-state index in [-0.39, 0.29) is 11.3 Å². The third kappa shape index (κ3) is 3.54. The topological polar surface area (TPSA) is 84.6 Å². The predicted octanol–water partition coefficient (Wildman–Crippen LogP) is 3.06. The van der Waals surface area contributed by atoms with E-state index >= 15 is 0 Å². The first kappa shape index (κ1) is 15.4. The van der Waals surface area contributed by atoms with Crippen molar-refractivity contribution in [3.8, 4) is 0 Å². The van der Waals surface area contributed by atoms with Crippen LogP contribution in [0.25, 0.3) is 0 Å². The van der Waals surface area contributed by atoms with Crippen molar-refractivity contribution < 1.29 is 9.72 Å². The molecular formula is C16H15N3O3. The van der Waals surface area contributed by atoms with E-state index in [1.54, 1.807) is 19.9 Å². The fourth-order valence-electron chi connectivity index (χ4n) is 1.89. The molecule has 6 heteroatoms. The van der Waals surface area contributed by atoms with Gasteiger partial charge in [-0.2, -0.15) is 5.10 Å². The second-order valence-corrected chi connectivity index (χ2v) is 4.76. The molecule has 0 fully saturated rings. The zero-order valence-electron chi connectivity index (χ0n) is 12.2. The molecule has 0 saturated carbocycles. The number of rotatable bonds is 4. The first-order valence-corrected chi connectivity index (χ1v) is 6.64. The monoisotopic (exact) mass is 297 g/mol. The molecule has 0 aliphatic carbocycles. The molecule has 0 atom stereocenters. The molecule has 2 aromatic rings. The van der Waals surface area contributed by atoms with E-state index in [1.807, 2.05) is 30.3 Å². The van der Waals surface area contributed by atoms with Crippen LogP contribution in [0.2, 0.25) is 0 Å². The van der Waals surface area contributed by atoms with E-state index in [0.717, 1.165) is 5.56 Å². The minimum absolute atomic E-state index is 0.0867. The zero-order valence-corrected chi connectivity index (χ0v) is 12.2. The Morgan fingerprint density at radius 1 is 1.14 bits per heavy atom. The van der Waals surface area contributed by atoms with Crippen molar-refractivity contribution in [1.82, 2.24) is 5.43 Å². The number of aryl methyl sites for hydroxylation is 1. The van der Waals surface area contributed by atoms with Crippen LogP contribution in [-0.4, -0.2) is 16.5 Å². The molecule has 1 amide bonds. The van der Waals surface area contributed by atoms with Crippen LogP contribution in [0, 0.1) is 17.0 Å². The van der Waals surface area contributed by atoms with Crippen molar-refractivity contribution >= 4 is 17.3 Å². The average Bonchev–Trinajstić information content (AvgIpc) is 2.53. The number of nitro benzene ring substituents is 1. The van der Waals surface area contributed by atoms with Gasteiger partial charge in [0.1, 0.15) is 0 Å². The normalized spacial score (nSPS) is 11.1. The smallest absolute Gasteiger partial charge is 0.267 e. The maximum Gasteiger partial charge on any atom is 0.273 e. The van der Waals surface area contributed by atoms with Gasteiger partial charge in [0.25, 0.3) is 11.6 Å². The Kier molecular flexibility index (Phi) is 4.63. The molecule has 0 aromatic heterocycles. The molecule has 112 valence electrons. The predicted molar refractivity (Wildman–Crippen MR) is 84.0 cm³/mol. The molecule has 2 rings (SSSR count). The quantitative estimate of drug-likeness (QED) is 0.534. The van der Waals surface area contributed by atoms with Crippen LogP contribution in [0.5, 0.6) is 0 Å². The number of nitrogens with zero attached hydrogens (tertiary/aromatic N) is 2. The maximum absolute atomic E-state index is 12.0. The number of nitro groups is 1. The summed E-state index contributed by atoms with van der Waals surface area (Å²) >= 11 is 0. The minimum atomic E-state index is -0.509. The summed E-state index contributed by atoms with van der Waals surface area (Å²) in [6.45, 7) is 3.39. The number of hydrogen-bond acceptors (Lipinski definition) is 4. The number of amides is 1. The lowest BCUT2D eigenvalue weighted by Gasteiger charge is -2.04. The molecule has 0 radical (unpaired) electrons. The van der Waals surface area contributed by atoms with Crippen LogP contribution in [0.1, 0.15) is 28.4 Å². The Hall–Kier alpha value is -3.02. The van der Waals surface area contributed by atoms with Gasteiger partial charge in [0.2, 0.25) is 0 Å². The molecule has 0 aliphatic heterocycles. The van der Waals surface area contributed by atoms with Crippen LogP contribution in [-0.2, 0) is 0 Å². The highest BCUT2D eigenvalue weighted by atomic mass is 16.6. The Balaban J connectivity index is 2.16. The summed E-state index contributed by atoms with van der Waals surface area (Å²) in [6, 6.07) is 13.7. The second kappa shape index (κ2) is 6.62. The number of carbonyl (C=O) groups excluding carboxylic acids is 1. The molecule has 1 N–H and O–H groups in total. The summed E-state index contributed by atoms with van der Waals surface area (Å²) < 4.78 is 0. The number of benzene rings is 2. The number of hydrazone groups is 1. The van der Waals surface area contributed by atoms with Crippen molar-refractivity contribution in [2.24, 2.45) is 5.10 Å². The molecule has 0 aliphatic rings. The van der Waals surface area contributed by atoms with Crippen LogP contribution in [0.4, 0.5) is 5.69 Å². The van der Waals surface area contributed by atoms with Gasteiger partial charge in [0, 0.05) is 17.2 Å². The fourth-order valence-corrected chi connectivity index (χ4v) is 1.89.